The SMILES string of the molecule is CC(C)Oc1ccc([C@@H]2CNCCN2C(=O)CCn2ccnc2)cc1. The van der Waals surface area contributed by atoms with E-state index in [2.05, 4.69) is 22.4 Å². The van der Waals surface area contributed by atoms with Crippen LogP contribution in [0.3, 0.4) is 0 Å². The van der Waals surface area contributed by atoms with E-state index in [1.807, 2.05) is 41.6 Å². The number of carbonyl (C=O) groups is 1. The maximum Gasteiger partial charge on any atom is 0.224 e. The van der Waals surface area contributed by atoms with Crippen LogP contribution in [0.4, 0.5) is 0 Å². The Hall–Kier alpha value is -2.34. The van der Waals surface area contributed by atoms with E-state index in [-0.39, 0.29) is 18.1 Å². The van der Waals surface area contributed by atoms with E-state index in [9.17, 15) is 4.79 Å². The Morgan fingerprint density at radius 2 is 2.16 bits per heavy atom. The number of amides is 1. The average Bonchev–Trinajstić information content (AvgIpc) is 3.13. The van der Waals surface area contributed by atoms with Crippen molar-refractivity contribution in [1.82, 2.24) is 19.8 Å². The van der Waals surface area contributed by atoms with Gasteiger partial charge in [0.1, 0.15) is 5.75 Å². The molecular weight excluding hydrogens is 316 g/mol. The standard InChI is InChI=1S/C19H26N4O2/c1-15(2)25-17-5-3-16(4-6-17)18-13-20-9-12-23(18)19(24)7-10-22-11-8-21-14-22/h3-6,8,11,14-15,18,20H,7,9-10,12-13H2,1-2H3/t18-/m0/s1. The summed E-state index contributed by atoms with van der Waals surface area (Å²) in [6.07, 6.45) is 6.01. The zero-order chi connectivity index (χ0) is 17.6. The molecule has 1 N–H and O–H groups in total. The number of piperazine rings is 1. The third kappa shape index (κ3) is 4.60. The van der Waals surface area contributed by atoms with Crippen LogP contribution in [0.25, 0.3) is 0 Å². The molecule has 0 unspecified atom stereocenters. The molecule has 3 rings (SSSR count). The normalized spacial score (nSPS) is 17.7. The number of aryl methyl sites for hydroxylation is 1. The molecule has 1 aliphatic heterocycles. The first-order valence-electron chi connectivity index (χ1n) is 8.86. The highest BCUT2D eigenvalue weighted by molar-refractivity contribution is 5.77. The van der Waals surface area contributed by atoms with Crippen LogP contribution in [0.2, 0.25) is 0 Å². The predicted octanol–water partition coefficient (Wildman–Crippen LogP) is 2.23. The Morgan fingerprint density at radius 1 is 1.36 bits per heavy atom. The van der Waals surface area contributed by atoms with Gasteiger partial charge in [0.05, 0.1) is 18.5 Å². The van der Waals surface area contributed by atoms with Gasteiger partial charge >= 0.3 is 0 Å². The number of nitrogens with one attached hydrogen (secondary N) is 1. The Labute approximate surface area is 148 Å². The van der Waals surface area contributed by atoms with Crippen LogP contribution < -0.4 is 10.1 Å². The van der Waals surface area contributed by atoms with Crippen molar-refractivity contribution in [3.8, 4) is 5.75 Å². The third-order valence-corrected chi connectivity index (χ3v) is 4.34. The van der Waals surface area contributed by atoms with Crippen molar-refractivity contribution in [1.29, 1.82) is 0 Å². The van der Waals surface area contributed by atoms with Gasteiger partial charge < -0.3 is 19.5 Å². The summed E-state index contributed by atoms with van der Waals surface area (Å²) in [4.78, 5) is 18.7. The lowest BCUT2D eigenvalue weighted by Crippen LogP contribution is -2.48. The number of hydrogen-bond donors (Lipinski definition) is 1. The summed E-state index contributed by atoms with van der Waals surface area (Å²) in [5, 5.41) is 3.39. The molecule has 1 aromatic heterocycles. The zero-order valence-electron chi connectivity index (χ0n) is 14.9. The molecule has 1 aromatic carbocycles. The Bertz CT molecular complexity index is 667. The van der Waals surface area contributed by atoms with Gasteiger partial charge in [-0.15, -0.1) is 0 Å². The van der Waals surface area contributed by atoms with Gasteiger partial charge in [0, 0.05) is 45.0 Å². The monoisotopic (exact) mass is 342 g/mol. The van der Waals surface area contributed by atoms with Crippen LogP contribution in [0.1, 0.15) is 31.9 Å². The molecule has 2 heterocycles. The fraction of sp³-hybridized carbons (Fsp3) is 0.474. The van der Waals surface area contributed by atoms with Crippen molar-refractivity contribution < 1.29 is 9.53 Å². The van der Waals surface area contributed by atoms with Crippen molar-refractivity contribution in [2.24, 2.45) is 0 Å². The molecule has 1 amide bonds. The van der Waals surface area contributed by atoms with Crippen LogP contribution in [-0.4, -0.2) is 46.1 Å². The van der Waals surface area contributed by atoms with Gasteiger partial charge in [-0.05, 0) is 31.5 Å². The van der Waals surface area contributed by atoms with Gasteiger partial charge in [-0.25, -0.2) is 4.98 Å². The summed E-state index contributed by atoms with van der Waals surface area (Å²) < 4.78 is 7.64. The molecule has 2 aromatic rings. The summed E-state index contributed by atoms with van der Waals surface area (Å²) in [5.41, 5.74) is 1.14. The lowest BCUT2D eigenvalue weighted by Gasteiger charge is -2.36. The van der Waals surface area contributed by atoms with Crippen molar-refractivity contribution in [2.75, 3.05) is 19.6 Å². The summed E-state index contributed by atoms with van der Waals surface area (Å²) in [7, 11) is 0. The van der Waals surface area contributed by atoms with Gasteiger partial charge in [0.25, 0.3) is 0 Å². The summed E-state index contributed by atoms with van der Waals surface area (Å²) in [6, 6.07) is 8.16. The summed E-state index contributed by atoms with van der Waals surface area (Å²) in [6.45, 7) is 7.04. The minimum Gasteiger partial charge on any atom is -0.491 e. The van der Waals surface area contributed by atoms with E-state index < -0.39 is 0 Å². The fourth-order valence-electron chi connectivity index (χ4n) is 3.13. The molecule has 1 atom stereocenters. The summed E-state index contributed by atoms with van der Waals surface area (Å²) in [5.74, 6) is 1.04. The quantitative estimate of drug-likeness (QED) is 0.875. The maximum atomic E-state index is 12.7. The highest BCUT2D eigenvalue weighted by Gasteiger charge is 2.27. The highest BCUT2D eigenvalue weighted by atomic mass is 16.5. The lowest BCUT2D eigenvalue weighted by molar-refractivity contribution is -0.134. The van der Waals surface area contributed by atoms with E-state index in [0.29, 0.717) is 13.0 Å². The van der Waals surface area contributed by atoms with E-state index in [1.165, 1.54) is 0 Å². The maximum absolute atomic E-state index is 12.7. The number of hydrogen-bond acceptors (Lipinski definition) is 4. The topological polar surface area (TPSA) is 59.4 Å². The molecule has 134 valence electrons. The molecule has 0 aliphatic carbocycles. The summed E-state index contributed by atoms with van der Waals surface area (Å²) >= 11 is 0. The first kappa shape index (κ1) is 17.5. The van der Waals surface area contributed by atoms with Crippen molar-refractivity contribution in [3.05, 3.63) is 48.5 Å². The molecule has 0 spiro atoms. The fourth-order valence-corrected chi connectivity index (χ4v) is 3.13. The molecule has 6 heteroatoms. The minimum atomic E-state index is 0.0668. The van der Waals surface area contributed by atoms with E-state index >= 15 is 0 Å². The molecule has 1 aliphatic rings. The molecular formula is C19H26N4O2. The molecule has 1 saturated heterocycles. The van der Waals surface area contributed by atoms with Crippen LogP contribution in [0, 0.1) is 0 Å². The molecule has 0 bridgehead atoms. The second kappa shape index (κ2) is 8.16. The number of benzene rings is 1. The van der Waals surface area contributed by atoms with E-state index in [0.717, 1.165) is 30.9 Å². The second-order valence-electron chi connectivity index (χ2n) is 6.59. The molecule has 1 fully saturated rings. The van der Waals surface area contributed by atoms with Gasteiger partial charge in [0.2, 0.25) is 5.91 Å². The van der Waals surface area contributed by atoms with Gasteiger partial charge in [-0.3, -0.25) is 4.79 Å². The average molecular weight is 342 g/mol. The number of rotatable bonds is 6. The predicted molar refractivity (Wildman–Crippen MR) is 96.4 cm³/mol. The van der Waals surface area contributed by atoms with Crippen molar-refractivity contribution in [2.45, 2.75) is 39.0 Å². The zero-order valence-corrected chi connectivity index (χ0v) is 14.9. The van der Waals surface area contributed by atoms with E-state index in [4.69, 9.17) is 4.74 Å². The first-order valence-corrected chi connectivity index (χ1v) is 8.86. The number of carbonyl (C=O) groups excluding carboxylic acids is 1. The smallest absolute Gasteiger partial charge is 0.224 e. The van der Waals surface area contributed by atoms with Gasteiger partial charge in [-0.2, -0.15) is 0 Å². The lowest BCUT2D eigenvalue weighted by atomic mass is 10.0. The number of aromatic nitrogens is 2. The third-order valence-electron chi connectivity index (χ3n) is 4.34. The Balaban J connectivity index is 1.66. The second-order valence-corrected chi connectivity index (χ2v) is 6.59. The molecule has 25 heavy (non-hydrogen) atoms. The highest BCUT2D eigenvalue weighted by Crippen LogP contribution is 2.25. The number of imidazole rings is 1. The van der Waals surface area contributed by atoms with Crippen molar-refractivity contribution in [3.63, 3.8) is 0 Å². The molecule has 0 saturated carbocycles. The van der Waals surface area contributed by atoms with Gasteiger partial charge in [0.15, 0.2) is 0 Å². The Kier molecular flexibility index (Phi) is 5.71. The number of nitrogens with zero attached hydrogens (tertiary/aromatic N) is 3. The Morgan fingerprint density at radius 3 is 2.84 bits per heavy atom. The first-order chi connectivity index (χ1) is 12.1. The largest absolute Gasteiger partial charge is 0.491 e. The van der Waals surface area contributed by atoms with Crippen LogP contribution in [0.15, 0.2) is 43.0 Å². The van der Waals surface area contributed by atoms with Crippen LogP contribution in [-0.2, 0) is 11.3 Å². The number of ether oxygens (including phenoxy) is 1. The minimum absolute atomic E-state index is 0.0668. The molecule has 0 radical (unpaired) electrons. The van der Waals surface area contributed by atoms with E-state index in [1.54, 1.807) is 12.5 Å². The van der Waals surface area contributed by atoms with Crippen molar-refractivity contribution >= 4 is 5.91 Å². The van der Waals surface area contributed by atoms with Crippen LogP contribution >= 0.6 is 0 Å². The molecule has 6 nitrogen and oxygen atoms in total. The van der Waals surface area contributed by atoms with Crippen LogP contribution in [0.5, 0.6) is 5.75 Å². The van der Waals surface area contributed by atoms with Gasteiger partial charge in [-0.1, -0.05) is 12.1 Å².